The highest BCUT2D eigenvalue weighted by Gasteiger charge is 2.20. The molecule has 2 heterocycles. The van der Waals surface area contributed by atoms with E-state index in [1.165, 1.54) is 19.4 Å². The van der Waals surface area contributed by atoms with Crippen LogP contribution in [0.25, 0.3) is 10.9 Å². The topological polar surface area (TPSA) is 115 Å². The predicted octanol–water partition coefficient (Wildman–Crippen LogP) is 1.52. The average molecular weight is 323 g/mol. The summed E-state index contributed by atoms with van der Waals surface area (Å²) in [5.74, 6) is -1.07. The van der Waals surface area contributed by atoms with Crippen molar-refractivity contribution in [2.75, 3.05) is 12.8 Å². The first-order valence-electron chi connectivity index (χ1n) is 7.02. The molecule has 7 nitrogen and oxygen atoms in total. The van der Waals surface area contributed by atoms with Gasteiger partial charge in [0.25, 0.3) is 5.56 Å². The molecule has 0 radical (unpaired) electrons. The van der Waals surface area contributed by atoms with Gasteiger partial charge in [-0.2, -0.15) is 0 Å². The summed E-state index contributed by atoms with van der Waals surface area (Å²) in [4.78, 5) is 43.0. The number of fused-ring (bicyclic) bond motifs is 1. The first-order chi connectivity index (χ1) is 11.5. The number of hydrogen-bond acceptors (Lipinski definition) is 6. The van der Waals surface area contributed by atoms with Crippen molar-refractivity contribution >= 4 is 28.5 Å². The Morgan fingerprint density at radius 3 is 2.54 bits per heavy atom. The number of nitrogens with one attached hydrogen (secondary N) is 1. The van der Waals surface area contributed by atoms with Gasteiger partial charge in [-0.15, -0.1) is 0 Å². The lowest BCUT2D eigenvalue weighted by molar-refractivity contribution is 0.0600. The Hall–Kier alpha value is -3.48. The summed E-state index contributed by atoms with van der Waals surface area (Å²) in [6.07, 6.45) is 1.24. The number of ether oxygens (including phenoxy) is 1. The average Bonchev–Trinajstić information content (AvgIpc) is 2.61. The van der Waals surface area contributed by atoms with Crippen molar-refractivity contribution < 1.29 is 14.3 Å². The molecule has 120 valence electrons. The molecule has 0 aliphatic heterocycles. The van der Waals surface area contributed by atoms with Crippen molar-refractivity contribution in [2.45, 2.75) is 0 Å². The summed E-state index contributed by atoms with van der Waals surface area (Å²) in [6, 6.07) is 9.84. The number of nitrogen functional groups attached to an aromatic ring is 1. The minimum absolute atomic E-state index is 0.0697. The third kappa shape index (κ3) is 2.52. The van der Waals surface area contributed by atoms with Crippen LogP contribution in [0.1, 0.15) is 26.3 Å². The second-order valence-electron chi connectivity index (χ2n) is 5.05. The number of benzene rings is 1. The van der Waals surface area contributed by atoms with Gasteiger partial charge in [0.15, 0.2) is 5.78 Å². The highest BCUT2D eigenvalue weighted by atomic mass is 16.5. The van der Waals surface area contributed by atoms with Crippen LogP contribution in [0.5, 0.6) is 0 Å². The van der Waals surface area contributed by atoms with Crippen LogP contribution in [0.4, 0.5) is 5.82 Å². The van der Waals surface area contributed by atoms with E-state index in [2.05, 4.69) is 14.7 Å². The van der Waals surface area contributed by atoms with Crippen LogP contribution in [0.2, 0.25) is 0 Å². The Balaban J connectivity index is 2.27. The molecule has 24 heavy (non-hydrogen) atoms. The quantitative estimate of drug-likeness (QED) is 0.558. The number of anilines is 1. The fourth-order valence-electron chi connectivity index (χ4n) is 2.41. The Morgan fingerprint density at radius 2 is 1.88 bits per heavy atom. The number of aromatic nitrogens is 2. The molecule has 3 rings (SSSR count). The molecule has 0 fully saturated rings. The molecule has 7 heteroatoms. The van der Waals surface area contributed by atoms with Crippen LogP contribution in [-0.2, 0) is 4.74 Å². The fraction of sp³-hybridized carbons (Fsp3) is 0.0588. The van der Waals surface area contributed by atoms with E-state index in [-0.39, 0.29) is 33.6 Å². The molecule has 0 amide bonds. The summed E-state index contributed by atoms with van der Waals surface area (Å²) < 4.78 is 4.61. The van der Waals surface area contributed by atoms with Gasteiger partial charge in [0.2, 0.25) is 0 Å². The number of nitrogens with zero attached hydrogens (tertiary/aromatic N) is 1. The van der Waals surface area contributed by atoms with Crippen LogP contribution in [0.3, 0.4) is 0 Å². The van der Waals surface area contributed by atoms with E-state index in [1.54, 1.807) is 30.3 Å². The maximum absolute atomic E-state index is 12.7. The molecule has 3 N–H and O–H groups in total. The van der Waals surface area contributed by atoms with Gasteiger partial charge in [-0.05, 0) is 6.07 Å². The first-order valence-corrected chi connectivity index (χ1v) is 7.02. The Morgan fingerprint density at radius 1 is 1.17 bits per heavy atom. The highest BCUT2D eigenvalue weighted by Crippen LogP contribution is 2.22. The van der Waals surface area contributed by atoms with Crippen molar-refractivity contribution in [2.24, 2.45) is 0 Å². The van der Waals surface area contributed by atoms with E-state index in [0.717, 1.165) is 0 Å². The lowest BCUT2D eigenvalue weighted by Crippen LogP contribution is -2.17. The molecule has 0 unspecified atom stereocenters. The number of pyridine rings is 2. The lowest BCUT2D eigenvalue weighted by atomic mass is 10.0. The summed E-state index contributed by atoms with van der Waals surface area (Å²) in [7, 11) is 1.23. The van der Waals surface area contributed by atoms with E-state index in [1.807, 2.05) is 0 Å². The number of methoxy groups -OCH3 is 1. The van der Waals surface area contributed by atoms with Crippen LogP contribution in [0.15, 0.2) is 47.4 Å². The normalized spacial score (nSPS) is 10.5. The van der Waals surface area contributed by atoms with Gasteiger partial charge in [0, 0.05) is 11.8 Å². The number of carbonyl (C=O) groups is 2. The third-order valence-electron chi connectivity index (χ3n) is 3.57. The number of nitrogens with two attached hydrogens (primary N) is 1. The van der Waals surface area contributed by atoms with E-state index in [0.29, 0.717) is 5.56 Å². The minimum Gasteiger partial charge on any atom is -0.465 e. The Kier molecular flexibility index (Phi) is 3.83. The zero-order valence-electron chi connectivity index (χ0n) is 12.7. The zero-order chi connectivity index (χ0) is 17.3. The molecule has 0 aliphatic rings. The molecule has 0 atom stereocenters. The van der Waals surface area contributed by atoms with Crippen molar-refractivity contribution in [1.29, 1.82) is 0 Å². The molecule has 0 saturated carbocycles. The van der Waals surface area contributed by atoms with E-state index < -0.39 is 11.5 Å². The van der Waals surface area contributed by atoms with Gasteiger partial charge in [0.05, 0.1) is 29.1 Å². The van der Waals surface area contributed by atoms with Crippen LogP contribution in [-0.4, -0.2) is 28.8 Å². The number of esters is 1. The molecule has 0 bridgehead atoms. The standard InChI is InChI=1S/C17H13N3O4/c1-24-17(23)10-7-11-13(19-8-10)12(15(18)20-16(11)22)14(21)9-5-3-2-4-6-9/h2-8H,1H3,(H3,18,20,22). The van der Waals surface area contributed by atoms with Crippen molar-refractivity contribution in [1.82, 2.24) is 9.97 Å². The first kappa shape index (κ1) is 15.4. The number of ketones is 1. The molecule has 3 aromatic rings. The van der Waals surface area contributed by atoms with Crippen LogP contribution >= 0.6 is 0 Å². The van der Waals surface area contributed by atoms with E-state index in [4.69, 9.17) is 5.73 Å². The van der Waals surface area contributed by atoms with Gasteiger partial charge in [-0.25, -0.2) is 4.79 Å². The van der Waals surface area contributed by atoms with Crippen molar-refractivity contribution in [3.05, 3.63) is 69.6 Å². The number of hydrogen-bond donors (Lipinski definition) is 2. The number of aromatic amines is 1. The fourth-order valence-corrected chi connectivity index (χ4v) is 2.41. The number of carbonyl (C=O) groups excluding carboxylic acids is 2. The molecule has 2 aromatic heterocycles. The smallest absolute Gasteiger partial charge is 0.339 e. The molecular weight excluding hydrogens is 310 g/mol. The maximum Gasteiger partial charge on any atom is 0.339 e. The van der Waals surface area contributed by atoms with Crippen LogP contribution < -0.4 is 11.3 Å². The summed E-state index contributed by atoms with van der Waals surface area (Å²) in [6.45, 7) is 0. The van der Waals surface area contributed by atoms with Crippen LogP contribution in [0, 0.1) is 0 Å². The second kappa shape index (κ2) is 5.96. The molecule has 0 spiro atoms. The van der Waals surface area contributed by atoms with E-state index >= 15 is 0 Å². The number of H-pyrrole nitrogens is 1. The SMILES string of the molecule is COC(=O)c1cnc2c(C(=O)c3ccccc3)c(N)[nH]c(=O)c2c1. The molecule has 1 aromatic carbocycles. The van der Waals surface area contributed by atoms with E-state index in [9.17, 15) is 14.4 Å². The van der Waals surface area contributed by atoms with Gasteiger partial charge in [0.1, 0.15) is 5.82 Å². The summed E-state index contributed by atoms with van der Waals surface area (Å²) in [5, 5.41) is 0.0892. The lowest BCUT2D eigenvalue weighted by Gasteiger charge is -2.09. The van der Waals surface area contributed by atoms with Crippen molar-refractivity contribution in [3.63, 3.8) is 0 Å². The zero-order valence-corrected chi connectivity index (χ0v) is 12.7. The maximum atomic E-state index is 12.7. The van der Waals surface area contributed by atoms with Gasteiger partial charge < -0.3 is 15.5 Å². The summed E-state index contributed by atoms with van der Waals surface area (Å²) in [5.41, 5.74) is 6.05. The largest absolute Gasteiger partial charge is 0.465 e. The monoisotopic (exact) mass is 323 g/mol. The molecular formula is C17H13N3O4. The van der Waals surface area contributed by atoms with Crippen molar-refractivity contribution in [3.8, 4) is 0 Å². The van der Waals surface area contributed by atoms with Gasteiger partial charge >= 0.3 is 5.97 Å². The Labute approximate surface area is 136 Å². The predicted molar refractivity (Wildman–Crippen MR) is 88.0 cm³/mol. The molecule has 0 saturated heterocycles. The Bertz CT molecular complexity index is 1010. The second-order valence-corrected chi connectivity index (χ2v) is 5.05. The summed E-state index contributed by atoms with van der Waals surface area (Å²) >= 11 is 0. The highest BCUT2D eigenvalue weighted by molar-refractivity contribution is 6.18. The van der Waals surface area contributed by atoms with Gasteiger partial charge in [-0.1, -0.05) is 30.3 Å². The van der Waals surface area contributed by atoms with Gasteiger partial charge in [-0.3, -0.25) is 14.6 Å². The number of rotatable bonds is 3. The third-order valence-corrected chi connectivity index (χ3v) is 3.57. The molecule has 0 aliphatic carbocycles. The minimum atomic E-state index is -0.628.